The maximum atomic E-state index is 11.7. The van der Waals surface area contributed by atoms with Crippen LogP contribution in [-0.2, 0) is 0 Å². The Kier molecular flexibility index (Phi) is 3.19. The van der Waals surface area contributed by atoms with Gasteiger partial charge in [0.2, 0.25) is 0 Å². The molecule has 1 aromatic carbocycles. The van der Waals surface area contributed by atoms with Crippen LogP contribution < -0.4 is 11.2 Å². The molecule has 92 valence electrons. The first kappa shape index (κ1) is 12.6. The molecule has 0 aliphatic heterocycles. The number of H-pyrrole nitrogens is 1. The highest BCUT2D eigenvalue weighted by Gasteiger charge is 2.09. The SMILES string of the molecule is N#Cc1ccc(-n2cc(C#N)c(=O)[nH]c2=O)c(Cl)c1. The van der Waals surface area contributed by atoms with Gasteiger partial charge in [-0.2, -0.15) is 10.5 Å². The first-order chi connectivity index (χ1) is 9.06. The summed E-state index contributed by atoms with van der Waals surface area (Å²) < 4.78 is 1.05. The number of hydrogen-bond donors (Lipinski definition) is 1. The van der Waals surface area contributed by atoms with Gasteiger partial charge in [0.15, 0.2) is 0 Å². The quantitative estimate of drug-likeness (QED) is 0.834. The van der Waals surface area contributed by atoms with Crippen LogP contribution in [0.1, 0.15) is 11.1 Å². The normalized spacial score (nSPS) is 9.63. The second kappa shape index (κ2) is 4.81. The summed E-state index contributed by atoms with van der Waals surface area (Å²) in [7, 11) is 0. The van der Waals surface area contributed by atoms with Crippen LogP contribution in [0.25, 0.3) is 5.69 Å². The van der Waals surface area contributed by atoms with E-state index in [9.17, 15) is 9.59 Å². The van der Waals surface area contributed by atoms with Gasteiger partial charge < -0.3 is 0 Å². The van der Waals surface area contributed by atoms with Gasteiger partial charge in [0, 0.05) is 6.20 Å². The Morgan fingerprint density at radius 1 is 1.21 bits per heavy atom. The van der Waals surface area contributed by atoms with Gasteiger partial charge in [0.1, 0.15) is 11.6 Å². The maximum Gasteiger partial charge on any atom is 0.333 e. The molecule has 1 aromatic heterocycles. The van der Waals surface area contributed by atoms with Crippen LogP contribution in [0.15, 0.2) is 34.0 Å². The average Bonchev–Trinajstić information content (AvgIpc) is 2.39. The van der Waals surface area contributed by atoms with Crippen LogP contribution in [0.5, 0.6) is 0 Å². The number of hydrogen-bond acceptors (Lipinski definition) is 4. The lowest BCUT2D eigenvalue weighted by Gasteiger charge is -2.07. The van der Waals surface area contributed by atoms with Gasteiger partial charge in [-0.3, -0.25) is 14.3 Å². The van der Waals surface area contributed by atoms with E-state index in [0.29, 0.717) is 5.56 Å². The van der Waals surface area contributed by atoms with E-state index in [-0.39, 0.29) is 16.3 Å². The van der Waals surface area contributed by atoms with Crippen molar-refractivity contribution in [1.29, 1.82) is 10.5 Å². The third kappa shape index (κ3) is 2.25. The van der Waals surface area contributed by atoms with Crippen molar-refractivity contribution < 1.29 is 0 Å². The highest BCUT2D eigenvalue weighted by molar-refractivity contribution is 6.32. The van der Waals surface area contributed by atoms with Crippen LogP contribution >= 0.6 is 11.6 Å². The van der Waals surface area contributed by atoms with Crippen LogP contribution in [0, 0.1) is 22.7 Å². The summed E-state index contributed by atoms with van der Waals surface area (Å²) in [6.45, 7) is 0. The average molecular weight is 273 g/mol. The Hall–Kier alpha value is -2.83. The number of rotatable bonds is 1. The van der Waals surface area contributed by atoms with E-state index < -0.39 is 11.2 Å². The molecular weight excluding hydrogens is 268 g/mol. The molecule has 0 atom stereocenters. The van der Waals surface area contributed by atoms with Crippen LogP contribution in [0.4, 0.5) is 0 Å². The van der Waals surface area contributed by atoms with Crippen molar-refractivity contribution in [1.82, 2.24) is 9.55 Å². The number of aromatic nitrogens is 2. The van der Waals surface area contributed by atoms with E-state index in [4.69, 9.17) is 22.1 Å². The third-order valence-corrected chi connectivity index (χ3v) is 2.70. The van der Waals surface area contributed by atoms with E-state index in [1.807, 2.05) is 11.1 Å². The molecule has 7 heteroatoms. The molecule has 0 bridgehead atoms. The van der Waals surface area contributed by atoms with Gasteiger partial charge in [-0.15, -0.1) is 0 Å². The van der Waals surface area contributed by atoms with Crippen molar-refractivity contribution in [3.63, 3.8) is 0 Å². The predicted octanol–water partition coefficient (Wildman–Crippen LogP) is 0.923. The molecular formula is C12H5ClN4O2. The highest BCUT2D eigenvalue weighted by Crippen LogP contribution is 2.20. The molecule has 1 heterocycles. The largest absolute Gasteiger partial charge is 0.333 e. The summed E-state index contributed by atoms with van der Waals surface area (Å²) in [5.41, 5.74) is -1.06. The summed E-state index contributed by atoms with van der Waals surface area (Å²) in [5, 5.41) is 17.7. The Labute approximate surface area is 111 Å². The lowest BCUT2D eigenvalue weighted by molar-refractivity contribution is 0.889. The number of nitrogens with zero attached hydrogens (tertiary/aromatic N) is 3. The Morgan fingerprint density at radius 3 is 2.53 bits per heavy atom. The molecule has 2 aromatic rings. The molecule has 0 spiro atoms. The molecule has 0 radical (unpaired) electrons. The zero-order valence-electron chi connectivity index (χ0n) is 9.35. The minimum absolute atomic E-state index is 0.164. The summed E-state index contributed by atoms with van der Waals surface area (Å²) in [6.07, 6.45) is 1.11. The molecule has 0 saturated heterocycles. The smallest absolute Gasteiger partial charge is 0.273 e. The van der Waals surface area contributed by atoms with Gasteiger partial charge in [-0.25, -0.2) is 4.79 Å². The van der Waals surface area contributed by atoms with E-state index in [2.05, 4.69) is 0 Å². The molecule has 0 fully saturated rings. The van der Waals surface area contributed by atoms with E-state index in [1.54, 1.807) is 6.07 Å². The first-order valence-electron chi connectivity index (χ1n) is 5.03. The van der Waals surface area contributed by atoms with Crippen molar-refractivity contribution in [2.75, 3.05) is 0 Å². The van der Waals surface area contributed by atoms with Gasteiger partial charge >= 0.3 is 5.69 Å². The molecule has 0 saturated carbocycles. The molecule has 1 N–H and O–H groups in total. The topological polar surface area (TPSA) is 102 Å². The van der Waals surface area contributed by atoms with Gasteiger partial charge in [0.25, 0.3) is 5.56 Å². The lowest BCUT2D eigenvalue weighted by Crippen LogP contribution is -2.30. The standard InChI is InChI=1S/C12H5ClN4O2/c13-9-3-7(4-14)1-2-10(9)17-6-8(5-15)11(18)16-12(17)19/h1-3,6H,(H,16,18,19). The molecule has 19 heavy (non-hydrogen) atoms. The molecule has 6 nitrogen and oxygen atoms in total. The van der Waals surface area contributed by atoms with Crippen LogP contribution in [0.2, 0.25) is 5.02 Å². The summed E-state index contributed by atoms with van der Waals surface area (Å²) >= 11 is 5.96. The van der Waals surface area contributed by atoms with Gasteiger partial charge in [-0.05, 0) is 18.2 Å². The number of nitrogens with one attached hydrogen (secondary N) is 1. The number of nitriles is 2. The van der Waals surface area contributed by atoms with E-state index in [0.717, 1.165) is 10.8 Å². The Bertz CT molecular complexity index is 852. The van der Waals surface area contributed by atoms with Crippen molar-refractivity contribution in [3.05, 3.63) is 61.4 Å². The van der Waals surface area contributed by atoms with Crippen LogP contribution in [0.3, 0.4) is 0 Å². The molecule has 2 rings (SSSR count). The zero-order valence-corrected chi connectivity index (χ0v) is 10.1. The predicted molar refractivity (Wildman–Crippen MR) is 67.1 cm³/mol. The number of aromatic amines is 1. The minimum Gasteiger partial charge on any atom is -0.273 e. The van der Waals surface area contributed by atoms with E-state index in [1.165, 1.54) is 18.2 Å². The Balaban J connectivity index is 2.74. The first-order valence-corrected chi connectivity index (χ1v) is 5.40. The fourth-order valence-corrected chi connectivity index (χ4v) is 1.77. The summed E-state index contributed by atoms with van der Waals surface area (Å²) in [4.78, 5) is 25.0. The molecule has 0 aliphatic carbocycles. The van der Waals surface area contributed by atoms with Crippen molar-refractivity contribution >= 4 is 11.6 Å². The zero-order chi connectivity index (χ0) is 14.0. The van der Waals surface area contributed by atoms with E-state index >= 15 is 0 Å². The summed E-state index contributed by atoms with van der Waals surface area (Å²) in [5.74, 6) is 0. The van der Waals surface area contributed by atoms with Crippen molar-refractivity contribution in [2.24, 2.45) is 0 Å². The molecule has 0 amide bonds. The number of halogens is 1. The van der Waals surface area contributed by atoms with Crippen molar-refractivity contribution in [2.45, 2.75) is 0 Å². The minimum atomic E-state index is -0.756. The van der Waals surface area contributed by atoms with Gasteiger partial charge in [-0.1, -0.05) is 11.6 Å². The third-order valence-electron chi connectivity index (χ3n) is 2.40. The molecule has 0 unspecified atom stereocenters. The Morgan fingerprint density at radius 2 is 1.95 bits per heavy atom. The summed E-state index contributed by atoms with van der Waals surface area (Å²) in [6, 6.07) is 7.91. The number of benzene rings is 1. The second-order valence-corrected chi connectivity index (χ2v) is 3.97. The van der Waals surface area contributed by atoms with Gasteiger partial charge in [0.05, 0.1) is 22.3 Å². The fraction of sp³-hybridized carbons (Fsp3) is 0. The monoisotopic (exact) mass is 272 g/mol. The highest BCUT2D eigenvalue weighted by atomic mass is 35.5. The second-order valence-electron chi connectivity index (χ2n) is 3.56. The lowest BCUT2D eigenvalue weighted by atomic mass is 10.2. The fourth-order valence-electron chi connectivity index (χ4n) is 1.50. The van der Waals surface area contributed by atoms with Crippen molar-refractivity contribution in [3.8, 4) is 17.8 Å². The molecule has 0 aliphatic rings. The maximum absolute atomic E-state index is 11.7. The van der Waals surface area contributed by atoms with Crippen LogP contribution in [-0.4, -0.2) is 9.55 Å².